The van der Waals surface area contributed by atoms with Crippen molar-refractivity contribution in [1.82, 2.24) is 28.8 Å². The van der Waals surface area contributed by atoms with Crippen LogP contribution in [0.1, 0.15) is 32.6 Å². The van der Waals surface area contributed by atoms with Crippen LogP contribution in [0.2, 0.25) is 0 Å². The van der Waals surface area contributed by atoms with Gasteiger partial charge in [-0.25, -0.2) is 9.97 Å². The maximum absolute atomic E-state index is 13.0. The van der Waals surface area contributed by atoms with Gasteiger partial charge in [-0.2, -0.15) is 0 Å². The number of nitrogens with one attached hydrogen (secondary N) is 1. The number of imidazole rings is 2. The SMILES string of the molecule is CCCn1c(=O)c2[nH]c(-c3ccc(OCCN4CCCCC4)cc3)nc2n2ccnc12. The summed E-state index contributed by atoms with van der Waals surface area (Å²) in [5.74, 6) is 2.13. The van der Waals surface area contributed by atoms with Crippen LogP contribution in [0.3, 0.4) is 0 Å². The number of benzene rings is 1. The number of rotatable bonds is 7. The van der Waals surface area contributed by atoms with Crippen LogP contribution in [0.5, 0.6) is 5.75 Å². The van der Waals surface area contributed by atoms with Gasteiger partial charge in [0.05, 0.1) is 0 Å². The second kappa shape index (κ2) is 8.55. The molecule has 162 valence electrons. The number of hydrogen-bond donors (Lipinski definition) is 1. The van der Waals surface area contributed by atoms with E-state index in [2.05, 4.69) is 14.9 Å². The number of ether oxygens (including phenoxy) is 1. The molecule has 1 N–H and O–H groups in total. The quantitative estimate of drug-likeness (QED) is 0.496. The molecule has 1 aliphatic rings. The molecule has 31 heavy (non-hydrogen) atoms. The molecule has 0 radical (unpaired) electrons. The highest BCUT2D eigenvalue weighted by Crippen LogP contribution is 2.22. The van der Waals surface area contributed by atoms with Crippen molar-refractivity contribution in [3.05, 3.63) is 47.0 Å². The third-order valence-electron chi connectivity index (χ3n) is 5.93. The van der Waals surface area contributed by atoms with E-state index in [4.69, 9.17) is 9.72 Å². The smallest absolute Gasteiger partial charge is 0.280 e. The molecule has 1 saturated heterocycles. The molecule has 8 nitrogen and oxygen atoms in total. The highest BCUT2D eigenvalue weighted by atomic mass is 16.5. The van der Waals surface area contributed by atoms with Gasteiger partial charge in [-0.1, -0.05) is 13.3 Å². The van der Waals surface area contributed by atoms with Gasteiger partial charge < -0.3 is 9.72 Å². The number of fused-ring (bicyclic) bond motifs is 3. The molecule has 4 heterocycles. The topological polar surface area (TPSA) is 80.5 Å². The van der Waals surface area contributed by atoms with Crippen LogP contribution in [0.4, 0.5) is 0 Å². The molecule has 0 unspecified atom stereocenters. The highest BCUT2D eigenvalue weighted by molar-refractivity contribution is 5.77. The van der Waals surface area contributed by atoms with E-state index in [0.29, 0.717) is 35.9 Å². The zero-order chi connectivity index (χ0) is 21.2. The average Bonchev–Trinajstić information content (AvgIpc) is 3.45. The Morgan fingerprint density at radius 1 is 1.10 bits per heavy atom. The zero-order valence-electron chi connectivity index (χ0n) is 17.9. The van der Waals surface area contributed by atoms with Gasteiger partial charge in [0.2, 0.25) is 5.78 Å². The zero-order valence-corrected chi connectivity index (χ0v) is 17.9. The molecule has 0 amide bonds. The lowest BCUT2D eigenvalue weighted by Crippen LogP contribution is -2.33. The van der Waals surface area contributed by atoms with Crippen molar-refractivity contribution in [2.24, 2.45) is 0 Å². The number of aryl methyl sites for hydroxylation is 1. The Hall–Kier alpha value is -3.13. The number of H-pyrrole nitrogens is 1. The first-order valence-corrected chi connectivity index (χ1v) is 11.2. The number of hydrogen-bond acceptors (Lipinski definition) is 5. The van der Waals surface area contributed by atoms with Crippen LogP contribution < -0.4 is 10.3 Å². The minimum Gasteiger partial charge on any atom is -0.492 e. The molecule has 8 heteroatoms. The van der Waals surface area contributed by atoms with Crippen molar-refractivity contribution in [3.63, 3.8) is 0 Å². The van der Waals surface area contributed by atoms with Gasteiger partial charge in [0.15, 0.2) is 11.2 Å². The molecule has 1 aliphatic heterocycles. The number of piperidine rings is 1. The molecule has 0 saturated carbocycles. The normalized spacial score (nSPS) is 15.1. The molecular formula is C23H28N6O2. The number of likely N-dealkylation sites (tertiary alicyclic amines) is 1. The summed E-state index contributed by atoms with van der Waals surface area (Å²) >= 11 is 0. The van der Waals surface area contributed by atoms with Crippen molar-refractivity contribution in [2.45, 2.75) is 39.2 Å². The summed E-state index contributed by atoms with van der Waals surface area (Å²) < 4.78 is 9.49. The van der Waals surface area contributed by atoms with E-state index in [1.807, 2.05) is 41.8 Å². The summed E-state index contributed by atoms with van der Waals surface area (Å²) in [5, 5.41) is 0. The highest BCUT2D eigenvalue weighted by Gasteiger charge is 2.16. The van der Waals surface area contributed by atoms with E-state index in [1.54, 1.807) is 10.8 Å². The molecule has 5 rings (SSSR count). The maximum Gasteiger partial charge on any atom is 0.280 e. The molecule has 3 aromatic heterocycles. The van der Waals surface area contributed by atoms with Crippen molar-refractivity contribution < 1.29 is 4.74 Å². The monoisotopic (exact) mass is 420 g/mol. The van der Waals surface area contributed by atoms with E-state index < -0.39 is 0 Å². The van der Waals surface area contributed by atoms with E-state index in [1.165, 1.54) is 32.4 Å². The molecule has 0 atom stereocenters. The summed E-state index contributed by atoms with van der Waals surface area (Å²) in [4.78, 5) is 27.7. The predicted molar refractivity (Wildman–Crippen MR) is 121 cm³/mol. The summed E-state index contributed by atoms with van der Waals surface area (Å²) in [6.45, 7) is 6.69. The lowest BCUT2D eigenvalue weighted by molar-refractivity contribution is 0.183. The molecular weight excluding hydrogens is 392 g/mol. The van der Waals surface area contributed by atoms with Gasteiger partial charge in [0, 0.05) is 31.0 Å². The fraction of sp³-hybridized carbons (Fsp3) is 0.435. The van der Waals surface area contributed by atoms with Gasteiger partial charge in [-0.15, -0.1) is 0 Å². The number of aromatic nitrogens is 5. The molecule has 1 aromatic carbocycles. The van der Waals surface area contributed by atoms with E-state index in [9.17, 15) is 4.79 Å². The Balaban J connectivity index is 1.37. The van der Waals surface area contributed by atoms with Crippen molar-refractivity contribution >= 4 is 16.9 Å². The third kappa shape index (κ3) is 3.83. The maximum atomic E-state index is 13.0. The fourth-order valence-corrected chi connectivity index (χ4v) is 4.32. The van der Waals surface area contributed by atoms with Crippen molar-refractivity contribution in [1.29, 1.82) is 0 Å². The van der Waals surface area contributed by atoms with Gasteiger partial charge in [-0.3, -0.25) is 18.7 Å². The fourth-order valence-electron chi connectivity index (χ4n) is 4.32. The minimum absolute atomic E-state index is 0.0908. The summed E-state index contributed by atoms with van der Waals surface area (Å²) in [6.07, 6.45) is 8.33. The summed E-state index contributed by atoms with van der Waals surface area (Å²) in [5.41, 5.74) is 1.92. The van der Waals surface area contributed by atoms with Crippen molar-refractivity contribution in [3.8, 4) is 17.1 Å². The van der Waals surface area contributed by atoms with Crippen LogP contribution >= 0.6 is 0 Å². The second-order valence-electron chi connectivity index (χ2n) is 8.11. The molecule has 0 bridgehead atoms. The second-order valence-corrected chi connectivity index (χ2v) is 8.11. The van der Waals surface area contributed by atoms with Gasteiger partial charge >= 0.3 is 0 Å². The first-order chi connectivity index (χ1) is 15.2. The number of aromatic amines is 1. The van der Waals surface area contributed by atoms with Crippen LogP contribution in [0.25, 0.3) is 28.3 Å². The number of nitrogens with zero attached hydrogens (tertiary/aromatic N) is 5. The molecule has 4 aromatic rings. The van der Waals surface area contributed by atoms with Crippen LogP contribution in [-0.4, -0.2) is 55.1 Å². The van der Waals surface area contributed by atoms with E-state index in [0.717, 1.165) is 24.3 Å². The van der Waals surface area contributed by atoms with Crippen LogP contribution in [0.15, 0.2) is 41.5 Å². The molecule has 1 fully saturated rings. The predicted octanol–water partition coefficient (Wildman–Crippen LogP) is 3.31. The molecule has 0 aliphatic carbocycles. The molecule has 0 spiro atoms. The Morgan fingerprint density at radius 3 is 2.68 bits per heavy atom. The Kier molecular flexibility index (Phi) is 5.46. The standard InChI is InChI=1S/C23H28N6O2/c1-2-11-29-22(30)19-21(28-14-10-24-23(28)29)26-20(25-19)17-6-8-18(9-7-17)31-16-15-27-12-4-3-5-13-27/h6-10,14H,2-5,11-13,15-16H2,1H3,(H,25,26). The van der Waals surface area contributed by atoms with Crippen molar-refractivity contribution in [2.75, 3.05) is 26.2 Å². The first-order valence-electron chi connectivity index (χ1n) is 11.2. The average molecular weight is 421 g/mol. The van der Waals surface area contributed by atoms with E-state index in [-0.39, 0.29) is 5.56 Å². The minimum atomic E-state index is -0.0908. The summed E-state index contributed by atoms with van der Waals surface area (Å²) in [7, 11) is 0. The Bertz CT molecular complexity index is 1230. The Labute approximate surface area is 180 Å². The largest absolute Gasteiger partial charge is 0.492 e. The van der Waals surface area contributed by atoms with Crippen LogP contribution in [0, 0.1) is 0 Å². The van der Waals surface area contributed by atoms with Crippen LogP contribution in [-0.2, 0) is 6.54 Å². The third-order valence-corrected chi connectivity index (χ3v) is 5.93. The van der Waals surface area contributed by atoms with Gasteiger partial charge in [-0.05, 0) is 56.6 Å². The summed E-state index contributed by atoms with van der Waals surface area (Å²) in [6, 6.07) is 7.87. The Morgan fingerprint density at radius 2 is 1.90 bits per heavy atom. The van der Waals surface area contributed by atoms with Gasteiger partial charge in [0.25, 0.3) is 5.56 Å². The van der Waals surface area contributed by atoms with Gasteiger partial charge in [0.1, 0.15) is 18.2 Å². The van der Waals surface area contributed by atoms with E-state index >= 15 is 0 Å². The first kappa shape index (κ1) is 19.8. The lowest BCUT2D eigenvalue weighted by Gasteiger charge is -2.26. The lowest BCUT2D eigenvalue weighted by atomic mass is 10.1.